The Labute approximate surface area is 133 Å². The number of aromatic amines is 1. The van der Waals surface area contributed by atoms with E-state index in [1.54, 1.807) is 29.2 Å². The molecule has 2 N–H and O–H groups in total. The van der Waals surface area contributed by atoms with E-state index >= 15 is 0 Å². The Morgan fingerprint density at radius 2 is 2.14 bits per heavy atom. The lowest BCUT2D eigenvalue weighted by atomic mass is 10.0. The molecule has 0 bridgehead atoms. The lowest BCUT2D eigenvalue weighted by Crippen LogP contribution is -2.29. The number of H-pyrrole nitrogens is 1. The van der Waals surface area contributed by atoms with Crippen molar-refractivity contribution in [2.24, 2.45) is 5.92 Å². The molecule has 2 atom stereocenters. The van der Waals surface area contributed by atoms with Crippen LogP contribution in [-0.4, -0.2) is 45.3 Å². The Balaban J connectivity index is 1.67. The number of carbonyl (C=O) groups excluding carboxylic acids is 1. The number of carbonyl (C=O) groups is 1. The summed E-state index contributed by atoms with van der Waals surface area (Å²) >= 11 is 5.84. The van der Waals surface area contributed by atoms with Gasteiger partial charge in [0.1, 0.15) is 0 Å². The molecular weight excluding hydrogens is 302 g/mol. The predicted octanol–water partition coefficient (Wildman–Crippen LogP) is 2.05. The maximum absolute atomic E-state index is 12.5. The number of aryl methyl sites for hydroxylation is 1. The molecule has 0 spiro atoms. The Morgan fingerprint density at radius 3 is 2.77 bits per heavy atom. The summed E-state index contributed by atoms with van der Waals surface area (Å²) < 4.78 is 0. The van der Waals surface area contributed by atoms with Crippen molar-refractivity contribution in [2.75, 3.05) is 13.1 Å². The number of nitrogens with zero attached hydrogens (tertiary/aromatic N) is 2. The molecule has 0 unspecified atom stereocenters. The minimum absolute atomic E-state index is 0.0129. The minimum Gasteiger partial charge on any atom is -0.391 e. The van der Waals surface area contributed by atoms with Gasteiger partial charge in [-0.05, 0) is 43.7 Å². The standard InChI is InChI=1S/C16H18ClN3O2/c1-10-6-14(19-18-10)7-12-8-20(9-15(12)21)16(22)11-2-4-13(17)5-3-11/h2-6,12,15,21H,7-9H2,1H3,(H,18,19)/t12-,15-/m1/s1. The number of halogens is 1. The molecule has 1 saturated heterocycles. The predicted molar refractivity (Wildman–Crippen MR) is 83.9 cm³/mol. The van der Waals surface area contributed by atoms with Gasteiger partial charge in [0.05, 0.1) is 11.8 Å². The molecule has 1 aromatic carbocycles. The molecule has 0 radical (unpaired) electrons. The SMILES string of the molecule is Cc1cc(C[C@@H]2CN(C(=O)c3ccc(Cl)cc3)C[C@H]2O)n[nH]1. The van der Waals surface area contributed by atoms with Crippen LogP contribution in [0.1, 0.15) is 21.7 Å². The van der Waals surface area contributed by atoms with E-state index in [2.05, 4.69) is 10.2 Å². The minimum atomic E-state index is -0.520. The fraction of sp³-hybridized carbons (Fsp3) is 0.375. The molecule has 116 valence electrons. The van der Waals surface area contributed by atoms with Gasteiger partial charge in [0.15, 0.2) is 0 Å². The highest BCUT2D eigenvalue weighted by Gasteiger charge is 2.34. The van der Waals surface area contributed by atoms with Gasteiger partial charge in [-0.25, -0.2) is 0 Å². The summed E-state index contributed by atoms with van der Waals surface area (Å²) in [7, 11) is 0. The fourth-order valence-corrected chi connectivity index (χ4v) is 2.97. The molecule has 1 aliphatic rings. The third-order valence-corrected chi connectivity index (χ3v) is 4.27. The summed E-state index contributed by atoms with van der Waals surface area (Å²) in [6, 6.07) is 8.79. The third-order valence-electron chi connectivity index (χ3n) is 4.02. The first-order valence-corrected chi connectivity index (χ1v) is 7.64. The normalized spacial score (nSPS) is 21.3. The number of aliphatic hydroxyl groups is 1. The summed E-state index contributed by atoms with van der Waals surface area (Å²) in [6.07, 6.45) is 0.142. The van der Waals surface area contributed by atoms with Crippen molar-refractivity contribution in [3.05, 3.63) is 52.3 Å². The van der Waals surface area contributed by atoms with E-state index in [4.69, 9.17) is 11.6 Å². The zero-order valence-corrected chi connectivity index (χ0v) is 13.0. The number of rotatable bonds is 3. The average Bonchev–Trinajstić information content (AvgIpc) is 3.06. The van der Waals surface area contributed by atoms with E-state index in [9.17, 15) is 9.90 Å². The van der Waals surface area contributed by atoms with Gasteiger partial charge in [-0.15, -0.1) is 0 Å². The van der Waals surface area contributed by atoms with E-state index < -0.39 is 6.10 Å². The lowest BCUT2D eigenvalue weighted by Gasteiger charge is -2.16. The second-order valence-corrected chi connectivity index (χ2v) is 6.23. The number of hydrogen-bond donors (Lipinski definition) is 2. The molecule has 0 aliphatic carbocycles. The molecule has 5 nitrogen and oxygen atoms in total. The zero-order chi connectivity index (χ0) is 15.7. The van der Waals surface area contributed by atoms with Crippen molar-refractivity contribution in [2.45, 2.75) is 19.4 Å². The first-order valence-electron chi connectivity index (χ1n) is 7.26. The van der Waals surface area contributed by atoms with Crippen LogP contribution in [0.15, 0.2) is 30.3 Å². The van der Waals surface area contributed by atoms with E-state index in [1.807, 2.05) is 13.0 Å². The summed E-state index contributed by atoms with van der Waals surface area (Å²) in [5.74, 6) is -0.0598. The lowest BCUT2D eigenvalue weighted by molar-refractivity contribution is 0.0764. The molecule has 1 fully saturated rings. The first-order chi connectivity index (χ1) is 10.5. The van der Waals surface area contributed by atoms with Gasteiger partial charge in [0.25, 0.3) is 5.91 Å². The summed E-state index contributed by atoms with van der Waals surface area (Å²) in [5, 5.41) is 17.9. The summed E-state index contributed by atoms with van der Waals surface area (Å²) in [5.41, 5.74) is 2.51. The highest BCUT2D eigenvalue weighted by molar-refractivity contribution is 6.30. The Morgan fingerprint density at radius 1 is 1.41 bits per heavy atom. The van der Waals surface area contributed by atoms with Gasteiger partial charge in [-0.2, -0.15) is 5.10 Å². The first kappa shape index (κ1) is 15.1. The van der Waals surface area contributed by atoms with Crippen LogP contribution in [-0.2, 0) is 6.42 Å². The maximum Gasteiger partial charge on any atom is 0.253 e. The highest BCUT2D eigenvalue weighted by atomic mass is 35.5. The molecule has 1 amide bonds. The number of hydrogen-bond acceptors (Lipinski definition) is 3. The number of benzene rings is 1. The molecule has 1 aliphatic heterocycles. The fourth-order valence-electron chi connectivity index (χ4n) is 2.84. The van der Waals surface area contributed by atoms with Gasteiger partial charge < -0.3 is 10.0 Å². The maximum atomic E-state index is 12.5. The van der Waals surface area contributed by atoms with E-state index in [-0.39, 0.29) is 11.8 Å². The number of nitrogens with one attached hydrogen (secondary N) is 1. The molecule has 0 saturated carbocycles. The van der Waals surface area contributed by atoms with Crippen LogP contribution < -0.4 is 0 Å². The largest absolute Gasteiger partial charge is 0.391 e. The molecule has 6 heteroatoms. The quantitative estimate of drug-likeness (QED) is 0.909. The van der Waals surface area contributed by atoms with Crippen molar-refractivity contribution in [3.63, 3.8) is 0 Å². The molecule has 2 aromatic rings. The molecular formula is C16H18ClN3O2. The Bertz CT molecular complexity index is 668. The third kappa shape index (κ3) is 3.15. The van der Waals surface area contributed by atoms with Crippen LogP contribution in [0.25, 0.3) is 0 Å². The molecule has 2 heterocycles. The van der Waals surface area contributed by atoms with Crippen LogP contribution in [0.5, 0.6) is 0 Å². The monoisotopic (exact) mass is 319 g/mol. The Hall–Kier alpha value is -1.85. The van der Waals surface area contributed by atoms with Crippen LogP contribution in [0.4, 0.5) is 0 Å². The van der Waals surface area contributed by atoms with E-state index in [1.165, 1.54) is 0 Å². The van der Waals surface area contributed by atoms with Crippen molar-refractivity contribution < 1.29 is 9.90 Å². The van der Waals surface area contributed by atoms with Crippen LogP contribution in [0.3, 0.4) is 0 Å². The molecule has 22 heavy (non-hydrogen) atoms. The van der Waals surface area contributed by atoms with Crippen molar-refractivity contribution >= 4 is 17.5 Å². The number of aromatic nitrogens is 2. The Kier molecular flexibility index (Phi) is 4.18. The second kappa shape index (κ2) is 6.10. The van der Waals surface area contributed by atoms with Crippen LogP contribution in [0.2, 0.25) is 5.02 Å². The van der Waals surface area contributed by atoms with Gasteiger partial charge in [-0.1, -0.05) is 11.6 Å². The van der Waals surface area contributed by atoms with Gasteiger partial charge in [0.2, 0.25) is 0 Å². The summed E-state index contributed by atoms with van der Waals surface area (Å²) in [6.45, 7) is 2.84. The van der Waals surface area contributed by atoms with Gasteiger partial charge >= 0.3 is 0 Å². The smallest absolute Gasteiger partial charge is 0.253 e. The van der Waals surface area contributed by atoms with Crippen LogP contribution in [0, 0.1) is 12.8 Å². The van der Waals surface area contributed by atoms with Crippen molar-refractivity contribution in [1.29, 1.82) is 0 Å². The second-order valence-electron chi connectivity index (χ2n) is 5.79. The summed E-state index contributed by atoms with van der Waals surface area (Å²) in [4.78, 5) is 14.1. The number of likely N-dealkylation sites (tertiary alicyclic amines) is 1. The van der Waals surface area contributed by atoms with Crippen molar-refractivity contribution in [3.8, 4) is 0 Å². The van der Waals surface area contributed by atoms with E-state index in [0.29, 0.717) is 30.1 Å². The molecule has 3 rings (SSSR count). The average molecular weight is 320 g/mol. The van der Waals surface area contributed by atoms with Crippen LogP contribution >= 0.6 is 11.6 Å². The highest BCUT2D eigenvalue weighted by Crippen LogP contribution is 2.23. The number of aliphatic hydroxyl groups excluding tert-OH is 1. The zero-order valence-electron chi connectivity index (χ0n) is 12.3. The van der Waals surface area contributed by atoms with Gasteiger partial charge in [0, 0.05) is 35.3 Å². The molecule has 1 aromatic heterocycles. The number of β-amino-alcohol motifs (C(OH)–C–C–N with tert-alkyl or cyclic N) is 1. The van der Waals surface area contributed by atoms with Gasteiger partial charge in [-0.3, -0.25) is 9.89 Å². The van der Waals surface area contributed by atoms with E-state index in [0.717, 1.165) is 11.4 Å². The number of amides is 1. The van der Waals surface area contributed by atoms with Crippen molar-refractivity contribution in [1.82, 2.24) is 15.1 Å². The topological polar surface area (TPSA) is 69.2 Å².